The van der Waals surface area contributed by atoms with Crippen LogP contribution < -0.4 is 9.62 Å². The molecule has 0 saturated heterocycles. The molecule has 1 atom stereocenters. The second-order valence-electron chi connectivity index (χ2n) is 10.4. The van der Waals surface area contributed by atoms with E-state index in [1.807, 2.05) is 30.3 Å². The van der Waals surface area contributed by atoms with Gasteiger partial charge in [-0.1, -0.05) is 79.0 Å². The highest BCUT2D eigenvalue weighted by Gasteiger charge is 2.34. The van der Waals surface area contributed by atoms with Crippen LogP contribution in [-0.2, 0) is 32.6 Å². The summed E-state index contributed by atoms with van der Waals surface area (Å²) >= 11 is 6.47. The fourth-order valence-electron chi connectivity index (χ4n) is 5.11. The van der Waals surface area contributed by atoms with Crippen LogP contribution in [-0.4, -0.2) is 54.9 Å². The topological polar surface area (TPSA) is 130 Å². The van der Waals surface area contributed by atoms with Crippen molar-refractivity contribution in [3.8, 4) is 0 Å². The summed E-state index contributed by atoms with van der Waals surface area (Å²) in [4.78, 5) is 40.1. The van der Waals surface area contributed by atoms with E-state index in [4.69, 9.17) is 11.6 Å². The molecule has 0 spiro atoms. The number of non-ortho nitro benzene ring substituents is 1. The Balaban J connectivity index is 1.74. The van der Waals surface area contributed by atoms with E-state index in [0.717, 1.165) is 47.9 Å². The van der Waals surface area contributed by atoms with Gasteiger partial charge in [0.25, 0.3) is 5.69 Å². The van der Waals surface area contributed by atoms with Gasteiger partial charge in [0.1, 0.15) is 12.6 Å². The Kier molecular flexibility index (Phi) is 10.2. The van der Waals surface area contributed by atoms with Gasteiger partial charge in [0.05, 0.1) is 16.9 Å². The third-order valence-corrected chi connectivity index (χ3v) is 8.79. The number of rotatable bonds is 12. The number of sulfonamides is 1. The van der Waals surface area contributed by atoms with Crippen LogP contribution in [0.15, 0.2) is 78.9 Å². The van der Waals surface area contributed by atoms with Crippen molar-refractivity contribution in [2.24, 2.45) is 0 Å². The maximum absolute atomic E-state index is 14.1. The number of hydrogen-bond donors (Lipinski definition) is 1. The van der Waals surface area contributed by atoms with Crippen molar-refractivity contribution in [3.05, 3.63) is 105 Å². The number of nitro benzene ring substituents is 1. The largest absolute Gasteiger partial charge is 0.352 e. The van der Waals surface area contributed by atoms with Crippen molar-refractivity contribution in [2.45, 2.75) is 50.7 Å². The average molecular weight is 613 g/mol. The summed E-state index contributed by atoms with van der Waals surface area (Å²) in [7, 11) is -4.06. The molecule has 0 aliphatic heterocycles. The SMILES string of the molecule is CS(=O)(=O)N(CC(=O)N(Cc1ccccc1Cl)[C@H](Cc1ccccc1)C(=O)NC1CCCC1)c1cccc([N+](=O)[O-])c1. The molecule has 0 radical (unpaired) electrons. The number of benzene rings is 3. The summed E-state index contributed by atoms with van der Waals surface area (Å²) in [6.07, 6.45) is 4.80. The molecule has 1 fully saturated rings. The Morgan fingerprint density at radius 2 is 1.69 bits per heavy atom. The minimum absolute atomic E-state index is 0.00887. The number of nitrogens with zero attached hydrogens (tertiary/aromatic N) is 3. The van der Waals surface area contributed by atoms with Gasteiger partial charge in [-0.15, -0.1) is 0 Å². The predicted octanol–water partition coefficient (Wildman–Crippen LogP) is 4.71. The molecule has 4 rings (SSSR count). The van der Waals surface area contributed by atoms with E-state index in [1.165, 1.54) is 23.1 Å². The first kappa shape index (κ1) is 31.0. The summed E-state index contributed by atoms with van der Waals surface area (Å²) in [6, 6.07) is 20.3. The van der Waals surface area contributed by atoms with E-state index in [2.05, 4.69) is 5.32 Å². The van der Waals surface area contributed by atoms with E-state index in [1.54, 1.807) is 24.3 Å². The summed E-state index contributed by atoms with van der Waals surface area (Å²) in [6.45, 7) is -0.729. The lowest BCUT2D eigenvalue weighted by atomic mass is 10.0. The Hall–Kier alpha value is -3.96. The number of halogens is 1. The van der Waals surface area contributed by atoms with Crippen molar-refractivity contribution in [1.29, 1.82) is 0 Å². The van der Waals surface area contributed by atoms with E-state index < -0.39 is 33.4 Å². The quantitative estimate of drug-likeness (QED) is 0.233. The van der Waals surface area contributed by atoms with Crippen molar-refractivity contribution in [1.82, 2.24) is 10.2 Å². The maximum Gasteiger partial charge on any atom is 0.271 e. The molecule has 10 nitrogen and oxygen atoms in total. The number of nitro groups is 1. The van der Waals surface area contributed by atoms with Crippen LogP contribution >= 0.6 is 11.6 Å². The van der Waals surface area contributed by atoms with Crippen LogP contribution in [0.3, 0.4) is 0 Å². The highest BCUT2D eigenvalue weighted by atomic mass is 35.5. The van der Waals surface area contributed by atoms with E-state index in [9.17, 15) is 28.1 Å². The average Bonchev–Trinajstić information content (AvgIpc) is 3.47. The van der Waals surface area contributed by atoms with Crippen molar-refractivity contribution in [3.63, 3.8) is 0 Å². The fraction of sp³-hybridized carbons (Fsp3) is 0.333. The second kappa shape index (κ2) is 13.8. The Bertz CT molecular complexity index is 1530. The number of nitrogens with one attached hydrogen (secondary N) is 1. The third kappa shape index (κ3) is 8.07. The molecule has 3 aromatic carbocycles. The van der Waals surface area contributed by atoms with Gasteiger partial charge in [0, 0.05) is 36.2 Å². The first-order chi connectivity index (χ1) is 20.0. The molecule has 3 aromatic rings. The summed E-state index contributed by atoms with van der Waals surface area (Å²) in [5, 5.41) is 14.9. The van der Waals surface area contributed by atoms with Gasteiger partial charge in [0.2, 0.25) is 21.8 Å². The molecule has 222 valence electrons. The number of carbonyl (C=O) groups excluding carboxylic acids is 2. The van der Waals surface area contributed by atoms with Gasteiger partial charge in [-0.05, 0) is 36.1 Å². The zero-order chi connectivity index (χ0) is 30.3. The van der Waals surface area contributed by atoms with Crippen LogP contribution in [0.1, 0.15) is 36.8 Å². The summed E-state index contributed by atoms with van der Waals surface area (Å²) in [5.41, 5.74) is 1.05. The van der Waals surface area contributed by atoms with Gasteiger partial charge in [-0.3, -0.25) is 24.0 Å². The fourth-order valence-corrected chi connectivity index (χ4v) is 6.14. The minimum Gasteiger partial charge on any atom is -0.352 e. The van der Waals surface area contributed by atoms with Crippen LogP contribution in [0.4, 0.5) is 11.4 Å². The molecule has 0 bridgehead atoms. The van der Waals surface area contributed by atoms with E-state index >= 15 is 0 Å². The summed E-state index contributed by atoms with van der Waals surface area (Å²) < 4.78 is 26.6. The second-order valence-corrected chi connectivity index (χ2v) is 12.7. The first-order valence-electron chi connectivity index (χ1n) is 13.6. The number of amides is 2. The van der Waals surface area contributed by atoms with Crippen molar-refractivity contribution >= 4 is 44.8 Å². The number of carbonyl (C=O) groups is 2. The standard InChI is InChI=1S/C30H33ClN4O6S/c1-42(40,41)34(25-15-9-16-26(19-25)35(38)39)21-29(36)33(20-23-12-5-8-17-27(23)31)28(18-22-10-3-2-4-11-22)30(37)32-24-13-6-7-14-24/h2-5,8-12,15-17,19,24,28H,6-7,13-14,18,20-21H2,1H3,(H,32,37)/t28-/m1/s1. The zero-order valence-corrected chi connectivity index (χ0v) is 24.8. The molecule has 2 amide bonds. The van der Waals surface area contributed by atoms with E-state index in [-0.39, 0.29) is 36.3 Å². The lowest BCUT2D eigenvalue weighted by Gasteiger charge is -2.34. The normalized spacial score (nSPS) is 14.2. The van der Waals surface area contributed by atoms with Gasteiger partial charge < -0.3 is 10.2 Å². The minimum atomic E-state index is -4.06. The van der Waals surface area contributed by atoms with Crippen molar-refractivity contribution in [2.75, 3.05) is 17.1 Å². The van der Waals surface area contributed by atoms with Crippen LogP contribution in [0, 0.1) is 10.1 Å². The maximum atomic E-state index is 14.1. The molecular formula is C30H33ClN4O6S. The molecular weight excluding hydrogens is 580 g/mol. The molecule has 1 aliphatic carbocycles. The molecule has 0 aromatic heterocycles. The van der Waals surface area contributed by atoms with Gasteiger partial charge in [-0.25, -0.2) is 8.42 Å². The smallest absolute Gasteiger partial charge is 0.271 e. The molecule has 1 aliphatic rings. The molecule has 0 unspecified atom stereocenters. The van der Waals surface area contributed by atoms with Gasteiger partial charge in [-0.2, -0.15) is 0 Å². The third-order valence-electron chi connectivity index (χ3n) is 7.28. The van der Waals surface area contributed by atoms with Gasteiger partial charge in [0.15, 0.2) is 0 Å². The van der Waals surface area contributed by atoms with Crippen LogP contribution in [0.25, 0.3) is 0 Å². The summed E-state index contributed by atoms with van der Waals surface area (Å²) in [5.74, 6) is -0.998. The van der Waals surface area contributed by atoms with Crippen molar-refractivity contribution < 1.29 is 22.9 Å². The number of anilines is 1. The Morgan fingerprint density at radius 1 is 1.02 bits per heavy atom. The molecule has 1 N–H and O–H groups in total. The highest BCUT2D eigenvalue weighted by Crippen LogP contribution is 2.26. The molecule has 42 heavy (non-hydrogen) atoms. The lowest BCUT2D eigenvalue weighted by Crippen LogP contribution is -2.54. The Morgan fingerprint density at radius 3 is 2.33 bits per heavy atom. The predicted molar refractivity (Wildman–Crippen MR) is 162 cm³/mol. The lowest BCUT2D eigenvalue weighted by molar-refractivity contribution is -0.384. The van der Waals surface area contributed by atoms with Crippen LogP contribution in [0.2, 0.25) is 5.02 Å². The molecule has 1 saturated carbocycles. The Labute approximate surface area is 250 Å². The highest BCUT2D eigenvalue weighted by molar-refractivity contribution is 7.92. The van der Waals surface area contributed by atoms with Gasteiger partial charge >= 0.3 is 0 Å². The molecule has 12 heteroatoms. The first-order valence-corrected chi connectivity index (χ1v) is 15.8. The van der Waals surface area contributed by atoms with E-state index in [0.29, 0.717) is 10.6 Å². The number of hydrogen-bond acceptors (Lipinski definition) is 6. The monoisotopic (exact) mass is 612 g/mol. The molecule has 0 heterocycles. The van der Waals surface area contributed by atoms with Crippen LogP contribution in [0.5, 0.6) is 0 Å². The zero-order valence-electron chi connectivity index (χ0n) is 23.2.